The van der Waals surface area contributed by atoms with E-state index in [4.69, 9.17) is 0 Å². The molecule has 4 bridgehead atoms. The molecule has 4 fully saturated rings. The van der Waals surface area contributed by atoms with Crippen molar-refractivity contribution in [2.75, 3.05) is 6.54 Å². The second-order valence-corrected chi connectivity index (χ2v) is 8.76. The largest absolute Gasteiger partial charge is 0.350 e. The third-order valence-electron chi connectivity index (χ3n) is 6.15. The van der Waals surface area contributed by atoms with Gasteiger partial charge in [-0.2, -0.15) is 5.10 Å². The quantitative estimate of drug-likeness (QED) is 0.891. The fourth-order valence-electron chi connectivity index (χ4n) is 5.74. The summed E-state index contributed by atoms with van der Waals surface area (Å²) in [6.45, 7) is 2.76. The number of nitrogens with zero attached hydrogens (tertiary/aromatic N) is 2. The third-order valence-corrected chi connectivity index (χ3v) is 7.10. The van der Waals surface area contributed by atoms with E-state index in [0.717, 1.165) is 34.5 Å². The summed E-state index contributed by atoms with van der Waals surface area (Å²) in [6, 6.07) is 0. The first-order chi connectivity index (χ1) is 10.5. The fraction of sp³-hybridized carbons (Fsp3) is 0.765. The van der Waals surface area contributed by atoms with Crippen molar-refractivity contribution >= 4 is 21.8 Å². The van der Waals surface area contributed by atoms with Gasteiger partial charge in [0.15, 0.2) is 0 Å². The highest BCUT2D eigenvalue weighted by molar-refractivity contribution is 9.10. The van der Waals surface area contributed by atoms with E-state index in [1.807, 2.05) is 14.0 Å². The number of nitrogens with one attached hydrogen (secondary N) is 1. The molecule has 4 aliphatic carbocycles. The summed E-state index contributed by atoms with van der Waals surface area (Å²) in [6.07, 6.45) is 8.31. The Balaban J connectivity index is 1.47. The average Bonchev–Trinajstić information content (AvgIpc) is 2.68. The number of aryl methyl sites for hydroxylation is 2. The molecule has 0 aliphatic heterocycles. The van der Waals surface area contributed by atoms with Crippen LogP contribution in [-0.2, 0) is 7.05 Å². The van der Waals surface area contributed by atoms with Crippen molar-refractivity contribution in [3.8, 4) is 0 Å². The Morgan fingerprint density at radius 1 is 1.27 bits per heavy atom. The summed E-state index contributed by atoms with van der Waals surface area (Å²) in [4.78, 5) is 12.6. The molecule has 1 N–H and O–H groups in total. The molecule has 5 rings (SSSR count). The summed E-state index contributed by atoms with van der Waals surface area (Å²) in [5.41, 5.74) is 1.88. The van der Waals surface area contributed by atoms with Gasteiger partial charge in [-0.3, -0.25) is 9.48 Å². The highest BCUT2D eigenvalue weighted by atomic mass is 79.9. The van der Waals surface area contributed by atoms with E-state index in [2.05, 4.69) is 26.3 Å². The number of aromatic nitrogens is 2. The van der Waals surface area contributed by atoms with Crippen LogP contribution in [0.1, 0.15) is 54.7 Å². The lowest BCUT2D eigenvalue weighted by molar-refractivity contribution is -0.0503. The Morgan fingerprint density at radius 3 is 2.27 bits per heavy atom. The van der Waals surface area contributed by atoms with Crippen LogP contribution in [0.5, 0.6) is 0 Å². The van der Waals surface area contributed by atoms with Crippen LogP contribution in [0.15, 0.2) is 4.47 Å². The Kier molecular flexibility index (Phi) is 3.40. The molecular formula is C17H24BrN3O. The van der Waals surface area contributed by atoms with Gasteiger partial charge in [0, 0.05) is 13.6 Å². The molecule has 5 heteroatoms. The molecule has 4 nitrogen and oxygen atoms in total. The van der Waals surface area contributed by atoms with Crippen LogP contribution in [0.25, 0.3) is 0 Å². The Labute approximate surface area is 140 Å². The van der Waals surface area contributed by atoms with Crippen LogP contribution >= 0.6 is 15.9 Å². The molecule has 0 saturated heterocycles. The summed E-state index contributed by atoms with van der Waals surface area (Å²) >= 11 is 3.49. The highest BCUT2D eigenvalue weighted by Gasteiger charge is 2.50. The summed E-state index contributed by atoms with van der Waals surface area (Å²) < 4.78 is 2.49. The van der Waals surface area contributed by atoms with Crippen LogP contribution in [0.4, 0.5) is 0 Å². The van der Waals surface area contributed by atoms with E-state index in [1.54, 1.807) is 4.68 Å². The van der Waals surface area contributed by atoms with E-state index in [0.29, 0.717) is 11.1 Å². The molecule has 0 radical (unpaired) electrons. The molecule has 4 saturated carbocycles. The van der Waals surface area contributed by atoms with E-state index in [1.165, 1.54) is 38.5 Å². The molecule has 22 heavy (non-hydrogen) atoms. The normalized spacial score (nSPS) is 35.9. The molecule has 0 unspecified atom stereocenters. The predicted octanol–water partition coefficient (Wildman–Crippen LogP) is 3.44. The lowest BCUT2D eigenvalue weighted by Crippen LogP contribution is -2.51. The molecule has 1 aromatic heterocycles. The Hall–Kier alpha value is -0.840. The molecule has 120 valence electrons. The van der Waals surface area contributed by atoms with Crippen molar-refractivity contribution in [2.24, 2.45) is 30.2 Å². The molecule has 0 atom stereocenters. The molecule has 1 heterocycles. The van der Waals surface area contributed by atoms with Crippen molar-refractivity contribution in [3.05, 3.63) is 15.9 Å². The molecule has 1 amide bonds. The first kappa shape index (κ1) is 14.7. The Bertz CT molecular complexity index is 586. The zero-order chi connectivity index (χ0) is 15.5. The van der Waals surface area contributed by atoms with E-state index >= 15 is 0 Å². The van der Waals surface area contributed by atoms with Gasteiger partial charge in [-0.15, -0.1) is 0 Å². The summed E-state index contributed by atoms with van der Waals surface area (Å²) in [7, 11) is 1.83. The zero-order valence-corrected chi connectivity index (χ0v) is 14.9. The minimum atomic E-state index is 0.00530. The smallest absolute Gasteiger partial charge is 0.270 e. The molecular weight excluding hydrogens is 342 g/mol. The van der Waals surface area contributed by atoms with Crippen molar-refractivity contribution in [3.63, 3.8) is 0 Å². The lowest BCUT2D eigenvalue weighted by Gasteiger charge is -2.56. The van der Waals surface area contributed by atoms with Crippen molar-refractivity contribution in [2.45, 2.75) is 45.4 Å². The summed E-state index contributed by atoms with van der Waals surface area (Å²) in [5.74, 6) is 2.78. The van der Waals surface area contributed by atoms with Crippen LogP contribution in [0.3, 0.4) is 0 Å². The minimum absolute atomic E-state index is 0.00530. The van der Waals surface area contributed by atoms with Crippen LogP contribution in [0, 0.1) is 30.1 Å². The van der Waals surface area contributed by atoms with Gasteiger partial charge in [0.25, 0.3) is 5.91 Å². The molecule has 0 aromatic carbocycles. The number of halogens is 1. The van der Waals surface area contributed by atoms with Gasteiger partial charge in [0.1, 0.15) is 5.69 Å². The van der Waals surface area contributed by atoms with Crippen LogP contribution in [-0.4, -0.2) is 22.2 Å². The van der Waals surface area contributed by atoms with Crippen molar-refractivity contribution in [1.82, 2.24) is 15.1 Å². The zero-order valence-electron chi connectivity index (χ0n) is 13.4. The van der Waals surface area contributed by atoms with Gasteiger partial charge >= 0.3 is 0 Å². The average molecular weight is 366 g/mol. The third kappa shape index (κ3) is 2.32. The van der Waals surface area contributed by atoms with Gasteiger partial charge in [-0.25, -0.2) is 0 Å². The van der Waals surface area contributed by atoms with E-state index in [-0.39, 0.29) is 5.91 Å². The van der Waals surface area contributed by atoms with Crippen LogP contribution < -0.4 is 5.32 Å². The standard InChI is InChI=1S/C17H24BrN3O/c1-10-14(18)15(21(2)20-10)16(22)19-9-17-6-11-3-12(7-17)5-13(4-11)8-17/h11-13H,3-9H2,1-2H3,(H,19,22). The number of carbonyl (C=O) groups excluding carboxylic acids is 1. The van der Waals surface area contributed by atoms with Crippen molar-refractivity contribution < 1.29 is 4.79 Å². The van der Waals surface area contributed by atoms with Gasteiger partial charge in [0.2, 0.25) is 0 Å². The van der Waals surface area contributed by atoms with Gasteiger partial charge < -0.3 is 5.32 Å². The monoisotopic (exact) mass is 365 g/mol. The summed E-state index contributed by atoms with van der Waals surface area (Å²) in [5, 5.41) is 7.54. The van der Waals surface area contributed by atoms with Gasteiger partial charge in [0.05, 0.1) is 10.2 Å². The first-order valence-corrected chi connectivity index (χ1v) is 9.22. The van der Waals surface area contributed by atoms with Crippen LogP contribution in [0.2, 0.25) is 0 Å². The molecule has 4 aliphatic rings. The first-order valence-electron chi connectivity index (χ1n) is 8.43. The van der Waals surface area contributed by atoms with E-state index in [9.17, 15) is 4.79 Å². The topological polar surface area (TPSA) is 46.9 Å². The van der Waals surface area contributed by atoms with Gasteiger partial charge in [-0.05, 0) is 84.5 Å². The second-order valence-electron chi connectivity index (χ2n) is 7.97. The number of carbonyl (C=O) groups is 1. The Morgan fingerprint density at radius 2 is 1.82 bits per heavy atom. The van der Waals surface area contributed by atoms with Crippen molar-refractivity contribution in [1.29, 1.82) is 0 Å². The maximum absolute atomic E-state index is 12.6. The maximum atomic E-state index is 12.6. The SMILES string of the molecule is Cc1nn(C)c(C(=O)NCC23CC4CC(CC(C4)C2)C3)c1Br. The number of rotatable bonds is 3. The minimum Gasteiger partial charge on any atom is -0.350 e. The number of hydrogen-bond acceptors (Lipinski definition) is 2. The fourth-order valence-corrected chi connectivity index (χ4v) is 6.25. The highest BCUT2D eigenvalue weighted by Crippen LogP contribution is 2.59. The number of amides is 1. The predicted molar refractivity (Wildman–Crippen MR) is 88.6 cm³/mol. The second kappa shape index (κ2) is 5.08. The molecule has 1 aromatic rings. The number of hydrogen-bond donors (Lipinski definition) is 1. The maximum Gasteiger partial charge on any atom is 0.270 e. The lowest BCUT2D eigenvalue weighted by atomic mass is 9.49. The van der Waals surface area contributed by atoms with Gasteiger partial charge in [-0.1, -0.05) is 0 Å². The molecule has 0 spiro atoms. The van der Waals surface area contributed by atoms with E-state index < -0.39 is 0 Å².